The second-order valence-electron chi connectivity index (χ2n) is 4.79. The molecule has 0 saturated heterocycles. The summed E-state index contributed by atoms with van der Waals surface area (Å²) >= 11 is 0. The molecule has 1 aromatic carbocycles. The van der Waals surface area contributed by atoms with Gasteiger partial charge in [0.15, 0.2) is 0 Å². The van der Waals surface area contributed by atoms with Crippen molar-refractivity contribution in [3.05, 3.63) is 35.9 Å². The number of hydrogen-bond acceptors (Lipinski definition) is 5. The molecule has 9 heteroatoms. The Morgan fingerprint density at radius 1 is 1.36 bits per heavy atom. The summed E-state index contributed by atoms with van der Waals surface area (Å²) in [6, 6.07) is 7.79. The molecule has 22 heavy (non-hydrogen) atoms. The number of benzene rings is 1. The van der Waals surface area contributed by atoms with Gasteiger partial charge in [-0.25, -0.2) is 0 Å². The summed E-state index contributed by atoms with van der Waals surface area (Å²) in [5.74, 6) is -1.28. The lowest BCUT2D eigenvalue weighted by atomic mass is 10.1. The molecule has 0 amide bonds. The molecule has 0 saturated carbocycles. The van der Waals surface area contributed by atoms with Crippen LogP contribution < -0.4 is 5.73 Å². The third-order valence-corrected chi connectivity index (χ3v) is 3.55. The van der Waals surface area contributed by atoms with Gasteiger partial charge in [-0.1, -0.05) is 35.5 Å². The van der Waals surface area contributed by atoms with Gasteiger partial charge in [-0.3, -0.25) is 9.36 Å². The third-order valence-electron chi connectivity index (χ3n) is 2.77. The van der Waals surface area contributed by atoms with Crippen LogP contribution in [0.4, 0.5) is 0 Å². The molecule has 0 radical (unpaired) electrons. The normalized spacial score (nSPS) is 15.2. The largest absolute Gasteiger partial charge is 0.480 e. The van der Waals surface area contributed by atoms with Crippen LogP contribution in [0.25, 0.3) is 0 Å². The van der Waals surface area contributed by atoms with Gasteiger partial charge in [0, 0.05) is 6.42 Å². The molecule has 2 unspecified atom stereocenters. The Balaban J connectivity index is 2.81. The van der Waals surface area contributed by atoms with E-state index in [-0.39, 0.29) is 12.1 Å². The van der Waals surface area contributed by atoms with Crippen LogP contribution in [0.15, 0.2) is 35.5 Å². The van der Waals surface area contributed by atoms with Crippen molar-refractivity contribution in [3.8, 4) is 0 Å². The molecule has 5 N–H and O–H groups in total. The predicted molar refractivity (Wildman–Crippen MR) is 80.5 cm³/mol. The molecule has 0 spiro atoms. The van der Waals surface area contributed by atoms with Gasteiger partial charge in [-0.05, 0) is 12.5 Å². The molecule has 0 fully saturated rings. The number of carbonyl (C=O) groups is 1. The Morgan fingerprint density at radius 2 is 1.95 bits per heavy atom. The first kappa shape index (κ1) is 18.3. The lowest BCUT2D eigenvalue weighted by Gasteiger charge is -2.14. The number of carboxylic acids is 1. The first-order valence-electron chi connectivity index (χ1n) is 6.48. The molecule has 1 rings (SSSR count). The Hall–Kier alpha value is -1.73. The number of nitrogens with zero attached hydrogens (tertiary/aromatic N) is 1. The zero-order valence-electron chi connectivity index (χ0n) is 12.0. The maximum absolute atomic E-state index is 11.1. The van der Waals surface area contributed by atoms with Crippen LogP contribution >= 0.6 is 7.60 Å². The van der Waals surface area contributed by atoms with Crippen LogP contribution in [-0.2, 0) is 14.2 Å². The maximum Gasteiger partial charge on any atom is 0.331 e. The molecule has 0 aliphatic carbocycles. The maximum atomic E-state index is 11.1. The van der Waals surface area contributed by atoms with Crippen molar-refractivity contribution in [2.75, 3.05) is 6.16 Å². The Kier molecular flexibility index (Phi) is 6.70. The summed E-state index contributed by atoms with van der Waals surface area (Å²) in [6.45, 7) is 1.71. The van der Waals surface area contributed by atoms with Gasteiger partial charge in [0.25, 0.3) is 0 Å². The average Bonchev–Trinajstić information content (AvgIpc) is 2.43. The minimum atomic E-state index is -4.40. The van der Waals surface area contributed by atoms with E-state index in [2.05, 4.69) is 5.16 Å². The number of aliphatic carboxylic acids is 1. The van der Waals surface area contributed by atoms with E-state index in [9.17, 15) is 9.36 Å². The molecule has 0 heterocycles. The summed E-state index contributed by atoms with van der Waals surface area (Å²) in [5, 5.41) is 12.5. The highest BCUT2D eigenvalue weighted by Gasteiger charge is 2.23. The summed E-state index contributed by atoms with van der Waals surface area (Å²) in [5.41, 5.74) is 6.10. The highest BCUT2D eigenvalue weighted by Crippen LogP contribution is 2.35. The van der Waals surface area contributed by atoms with Crippen molar-refractivity contribution < 1.29 is 29.1 Å². The Labute approximate surface area is 127 Å². The molecule has 8 nitrogen and oxygen atoms in total. The highest BCUT2D eigenvalue weighted by atomic mass is 31.2. The Morgan fingerprint density at radius 3 is 2.45 bits per heavy atom. The van der Waals surface area contributed by atoms with Gasteiger partial charge in [0.1, 0.15) is 12.1 Å². The fourth-order valence-electron chi connectivity index (χ4n) is 1.65. The zero-order valence-corrected chi connectivity index (χ0v) is 12.9. The van der Waals surface area contributed by atoms with E-state index >= 15 is 0 Å². The first-order chi connectivity index (χ1) is 10.2. The second-order valence-corrected chi connectivity index (χ2v) is 6.43. The topological polar surface area (TPSA) is 142 Å². The van der Waals surface area contributed by atoms with Crippen LogP contribution in [0, 0.1) is 0 Å². The molecular formula is C13H19N2O6P. The van der Waals surface area contributed by atoms with E-state index in [0.717, 1.165) is 5.56 Å². The number of rotatable bonds is 8. The van der Waals surface area contributed by atoms with Gasteiger partial charge in [-0.15, -0.1) is 0 Å². The molecule has 2 atom stereocenters. The van der Waals surface area contributed by atoms with Crippen LogP contribution in [0.2, 0.25) is 0 Å². The minimum absolute atomic E-state index is 0.0917. The van der Waals surface area contributed by atoms with Crippen LogP contribution in [0.1, 0.15) is 25.0 Å². The molecule has 1 aromatic rings. The lowest BCUT2D eigenvalue weighted by molar-refractivity contribution is -0.138. The second kappa shape index (κ2) is 8.05. The van der Waals surface area contributed by atoms with E-state index in [1.54, 1.807) is 6.92 Å². The van der Waals surface area contributed by atoms with Gasteiger partial charge in [0.05, 0.1) is 11.9 Å². The lowest BCUT2D eigenvalue weighted by Crippen LogP contribution is -2.33. The summed E-state index contributed by atoms with van der Waals surface area (Å²) in [7, 11) is -4.40. The van der Waals surface area contributed by atoms with Crippen molar-refractivity contribution in [3.63, 3.8) is 0 Å². The molecule has 0 aliphatic rings. The van der Waals surface area contributed by atoms with Gasteiger partial charge < -0.3 is 25.5 Å². The predicted octanol–water partition coefficient (Wildman–Crippen LogP) is 1.10. The number of oxime groups is 1. The highest BCUT2D eigenvalue weighted by molar-refractivity contribution is 7.52. The van der Waals surface area contributed by atoms with Gasteiger partial charge in [0.2, 0.25) is 0 Å². The van der Waals surface area contributed by atoms with Crippen molar-refractivity contribution >= 4 is 19.3 Å². The SMILES string of the molecule is CC(O/N=C(\CC(N)C(=O)O)CP(=O)(O)O)c1ccccc1. The molecular weight excluding hydrogens is 311 g/mol. The summed E-state index contributed by atoms with van der Waals surface area (Å²) in [6.07, 6.45) is -1.45. The summed E-state index contributed by atoms with van der Waals surface area (Å²) in [4.78, 5) is 34.0. The van der Waals surface area contributed by atoms with Crippen molar-refractivity contribution in [1.82, 2.24) is 0 Å². The smallest absolute Gasteiger partial charge is 0.331 e. The fourth-order valence-corrected chi connectivity index (χ4v) is 2.31. The first-order valence-corrected chi connectivity index (χ1v) is 8.28. The third kappa shape index (κ3) is 6.82. The van der Waals surface area contributed by atoms with E-state index < -0.39 is 31.9 Å². The van der Waals surface area contributed by atoms with E-state index in [1.807, 2.05) is 30.3 Å². The van der Waals surface area contributed by atoms with Crippen molar-refractivity contribution in [2.24, 2.45) is 10.9 Å². The van der Waals surface area contributed by atoms with E-state index in [0.29, 0.717) is 0 Å². The number of nitrogens with two attached hydrogens (primary N) is 1. The van der Waals surface area contributed by atoms with E-state index in [1.165, 1.54) is 0 Å². The minimum Gasteiger partial charge on any atom is -0.480 e. The zero-order chi connectivity index (χ0) is 16.8. The summed E-state index contributed by atoms with van der Waals surface area (Å²) < 4.78 is 11.1. The van der Waals surface area contributed by atoms with Crippen molar-refractivity contribution in [2.45, 2.75) is 25.5 Å². The van der Waals surface area contributed by atoms with Gasteiger partial charge in [-0.2, -0.15) is 0 Å². The van der Waals surface area contributed by atoms with Crippen LogP contribution in [-0.4, -0.2) is 38.8 Å². The van der Waals surface area contributed by atoms with Gasteiger partial charge >= 0.3 is 13.6 Å². The van der Waals surface area contributed by atoms with Crippen molar-refractivity contribution in [1.29, 1.82) is 0 Å². The Bertz CT molecular complexity index is 571. The molecule has 0 bridgehead atoms. The quantitative estimate of drug-likeness (QED) is 0.317. The fraction of sp³-hybridized carbons (Fsp3) is 0.385. The standard InChI is InChI=1S/C13H19N2O6P/c1-9(10-5-3-2-4-6-10)21-15-11(8-22(18,19)20)7-12(14)13(16)17/h2-6,9,12H,7-8,14H2,1H3,(H,16,17)(H2,18,19,20)/b15-11+. The number of carboxylic acid groups (broad SMARTS) is 1. The molecule has 0 aliphatic heterocycles. The van der Waals surface area contributed by atoms with Crippen LogP contribution in [0.3, 0.4) is 0 Å². The average molecular weight is 330 g/mol. The number of hydrogen-bond donors (Lipinski definition) is 4. The molecule has 0 aromatic heterocycles. The van der Waals surface area contributed by atoms with E-state index in [4.69, 9.17) is 25.5 Å². The van der Waals surface area contributed by atoms with Crippen LogP contribution in [0.5, 0.6) is 0 Å². The molecule has 122 valence electrons. The monoisotopic (exact) mass is 330 g/mol.